The molecular formula is C15H17NO2. The first-order valence-corrected chi connectivity index (χ1v) is 5.86. The van der Waals surface area contributed by atoms with Gasteiger partial charge in [-0.1, -0.05) is 17.7 Å². The van der Waals surface area contributed by atoms with E-state index in [1.807, 2.05) is 38.1 Å². The van der Waals surface area contributed by atoms with Gasteiger partial charge in [0.1, 0.15) is 11.9 Å². The third-order valence-electron chi connectivity index (χ3n) is 2.89. The molecule has 1 aromatic heterocycles. The van der Waals surface area contributed by atoms with Gasteiger partial charge in [0.15, 0.2) is 0 Å². The maximum atomic E-state index is 10.4. The Hall–Kier alpha value is -1.87. The molecule has 1 unspecified atom stereocenters. The van der Waals surface area contributed by atoms with Gasteiger partial charge in [-0.2, -0.15) is 0 Å². The summed E-state index contributed by atoms with van der Waals surface area (Å²) >= 11 is 0. The molecule has 18 heavy (non-hydrogen) atoms. The van der Waals surface area contributed by atoms with E-state index >= 15 is 0 Å². The van der Waals surface area contributed by atoms with E-state index in [-0.39, 0.29) is 0 Å². The fourth-order valence-corrected chi connectivity index (χ4v) is 1.97. The highest BCUT2D eigenvalue weighted by atomic mass is 16.5. The van der Waals surface area contributed by atoms with Crippen LogP contribution in [0.25, 0.3) is 0 Å². The second-order valence-electron chi connectivity index (χ2n) is 4.44. The van der Waals surface area contributed by atoms with Crippen molar-refractivity contribution in [2.45, 2.75) is 20.0 Å². The van der Waals surface area contributed by atoms with E-state index in [1.165, 1.54) is 0 Å². The quantitative estimate of drug-likeness (QED) is 0.901. The summed E-state index contributed by atoms with van der Waals surface area (Å²) in [4.78, 5) is 4.11. The first-order chi connectivity index (χ1) is 8.61. The molecule has 94 valence electrons. The lowest BCUT2D eigenvalue weighted by Crippen LogP contribution is -2.03. The summed E-state index contributed by atoms with van der Waals surface area (Å²) < 4.78 is 5.29. The molecule has 3 heteroatoms. The van der Waals surface area contributed by atoms with E-state index < -0.39 is 6.10 Å². The van der Waals surface area contributed by atoms with Crippen LogP contribution in [0.3, 0.4) is 0 Å². The van der Waals surface area contributed by atoms with Crippen molar-refractivity contribution < 1.29 is 9.84 Å². The highest BCUT2D eigenvalue weighted by Gasteiger charge is 2.16. The molecule has 0 fully saturated rings. The minimum absolute atomic E-state index is 0.689. The zero-order chi connectivity index (χ0) is 13.1. The topological polar surface area (TPSA) is 42.4 Å². The predicted molar refractivity (Wildman–Crippen MR) is 70.8 cm³/mol. The minimum Gasteiger partial charge on any atom is -0.496 e. The molecule has 0 spiro atoms. The monoisotopic (exact) mass is 243 g/mol. The average molecular weight is 243 g/mol. The third-order valence-corrected chi connectivity index (χ3v) is 2.89. The van der Waals surface area contributed by atoms with Crippen LogP contribution in [0.5, 0.6) is 5.75 Å². The van der Waals surface area contributed by atoms with Crippen molar-refractivity contribution in [3.05, 3.63) is 58.9 Å². The van der Waals surface area contributed by atoms with Gasteiger partial charge in [-0.15, -0.1) is 0 Å². The van der Waals surface area contributed by atoms with Crippen molar-refractivity contribution in [1.82, 2.24) is 4.98 Å². The molecule has 0 aliphatic heterocycles. The van der Waals surface area contributed by atoms with Gasteiger partial charge in [0.25, 0.3) is 0 Å². The zero-order valence-corrected chi connectivity index (χ0v) is 10.8. The largest absolute Gasteiger partial charge is 0.496 e. The average Bonchev–Trinajstić information content (AvgIpc) is 2.38. The zero-order valence-electron chi connectivity index (χ0n) is 10.8. The molecular weight excluding hydrogens is 226 g/mol. The molecule has 1 N–H and O–H groups in total. The number of benzene rings is 1. The number of aryl methyl sites for hydroxylation is 2. The third kappa shape index (κ3) is 2.51. The lowest BCUT2D eigenvalue weighted by Gasteiger charge is -2.16. The molecule has 1 atom stereocenters. The first kappa shape index (κ1) is 12.6. The Balaban J connectivity index is 2.44. The van der Waals surface area contributed by atoms with Gasteiger partial charge < -0.3 is 9.84 Å². The summed E-state index contributed by atoms with van der Waals surface area (Å²) in [6.45, 7) is 3.95. The van der Waals surface area contributed by atoms with Crippen molar-refractivity contribution >= 4 is 0 Å². The second-order valence-corrected chi connectivity index (χ2v) is 4.44. The van der Waals surface area contributed by atoms with E-state index in [0.29, 0.717) is 5.75 Å². The van der Waals surface area contributed by atoms with Gasteiger partial charge in [-0.25, -0.2) is 0 Å². The fraction of sp³-hybridized carbons (Fsp3) is 0.267. The van der Waals surface area contributed by atoms with Gasteiger partial charge in [0.2, 0.25) is 0 Å². The Kier molecular flexibility index (Phi) is 3.63. The molecule has 0 radical (unpaired) electrons. The molecule has 0 amide bonds. The number of aromatic nitrogens is 1. The summed E-state index contributed by atoms with van der Waals surface area (Å²) in [5.41, 5.74) is 3.66. The summed E-state index contributed by atoms with van der Waals surface area (Å²) in [5.74, 6) is 0.689. The molecule has 1 aromatic carbocycles. The Bertz CT molecular complexity index is 552. The van der Waals surface area contributed by atoms with E-state index in [0.717, 1.165) is 22.3 Å². The molecule has 3 nitrogen and oxygen atoms in total. The lowest BCUT2D eigenvalue weighted by atomic mass is 9.99. The number of pyridine rings is 1. The summed E-state index contributed by atoms with van der Waals surface area (Å²) in [6.07, 6.45) is 2.73. The molecule has 2 aromatic rings. The molecule has 0 aliphatic carbocycles. The van der Waals surface area contributed by atoms with Crippen molar-refractivity contribution in [3.63, 3.8) is 0 Å². The number of rotatable bonds is 3. The van der Waals surface area contributed by atoms with Crippen molar-refractivity contribution in [2.75, 3.05) is 7.11 Å². The van der Waals surface area contributed by atoms with Crippen LogP contribution >= 0.6 is 0 Å². The van der Waals surface area contributed by atoms with E-state index in [2.05, 4.69) is 4.98 Å². The van der Waals surface area contributed by atoms with Crippen molar-refractivity contribution in [2.24, 2.45) is 0 Å². The van der Waals surface area contributed by atoms with Crippen LogP contribution in [0.15, 0.2) is 36.7 Å². The minimum atomic E-state index is -0.716. The fourth-order valence-electron chi connectivity index (χ4n) is 1.97. The Morgan fingerprint density at radius 3 is 2.56 bits per heavy atom. The van der Waals surface area contributed by atoms with Gasteiger partial charge in [-0.05, 0) is 31.5 Å². The summed E-state index contributed by atoms with van der Waals surface area (Å²) in [5, 5.41) is 10.4. The summed E-state index contributed by atoms with van der Waals surface area (Å²) in [6, 6.07) is 7.70. The Morgan fingerprint density at radius 2 is 1.89 bits per heavy atom. The lowest BCUT2D eigenvalue weighted by molar-refractivity contribution is 0.214. The van der Waals surface area contributed by atoms with Gasteiger partial charge in [0, 0.05) is 23.5 Å². The van der Waals surface area contributed by atoms with E-state index in [9.17, 15) is 5.11 Å². The number of aliphatic hydroxyl groups is 1. The SMILES string of the molecule is COc1ccc(C)cc1C(O)c1cncc(C)c1. The van der Waals surface area contributed by atoms with Crippen LogP contribution in [0.1, 0.15) is 28.4 Å². The van der Waals surface area contributed by atoms with Gasteiger partial charge in [-0.3, -0.25) is 4.98 Å². The molecule has 1 heterocycles. The van der Waals surface area contributed by atoms with E-state index in [1.54, 1.807) is 19.5 Å². The van der Waals surface area contributed by atoms with Crippen LogP contribution in [0.2, 0.25) is 0 Å². The molecule has 0 aliphatic rings. The maximum absolute atomic E-state index is 10.4. The highest BCUT2D eigenvalue weighted by molar-refractivity contribution is 5.42. The van der Waals surface area contributed by atoms with Crippen LogP contribution in [-0.4, -0.2) is 17.2 Å². The molecule has 2 rings (SSSR count). The molecule has 0 saturated heterocycles. The Labute approximate surface area is 107 Å². The number of hydrogen-bond acceptors (Lipinski definition) is 3. The summed E-state index contributed by atoms with van der Waals surface area (Å²) in [7, 11) is 1.61. The normalized spacial score (nSPS) is 12.2. The predicted octanol–water partition coefficient (Wildman–Crippen LogP) is 2.79. The van der Waals surface area contributed by atoms with Gasteiger partial charge >= 0.3 is 0 Å². The maximum Gasteiger partial charge on any atom is 0.125 e. The molecule has 0 saturated carbocycles. The highest BCUT2D eigenvalue weighted by Crippen LogP contribution is 2.30. The Morgan fingerprint density at radius 1 is 1.11 bits per heavy atom. The smallest absolute Gasteiger partial charge is 0.125 e. The van der Waals surface area contributed by atoms with Crippen LogP contribution in [-0.2, 0) is 0 Å². The number of aliphatic hydroxyl groups excluding tert-OH is 1. The number of ether oxygens (including phenoxy) is 1. The van der Waals surface area contributed by atoms with Crippen LogP contribution < -0.4 is 4.74 Å². The van der Waals surface area contributed by atoms with Crippen molar-refractivity contribution in [1.29, 1.82) is 0 Å². The van der Waals surface area contributed by atoms with Gasteiger partial charge in [0.05, 0.1) is 7.11 Å². The van der Waals surface area contributed by atoms with Crippen LogP contribution in [0, 0.1) is 13.8 Å². The van der Waals surface area contributed by atoms with Crippen LogP contribution in [0.4, 0.5) is 0 Å². The second kappa shape index (κ2) is 5.19. The standard InChI is InChI=1S/C15H17NO2/c1-10-4-5-14(18-3)13(7-10)15(17)12-6-11(2)8-16-9-12/h4-9,15,17H,1-3H3. The van der Waals surface area contributed by atoms with E-state index in [4.69, 9.17) is 4.74 Å². The van der Waals surface area contributed by atoms with Crippen molar-refractivity contribution in [3.8, 4) is 5.75 Å². The number of nitrogens with zero attached hydrogens (tertiary/aromatic N) is 1. The molecule has 0 bridgehead atoms. The number of methoxy groups -OCH3 is 1. The number of hydrogen-bond donors (Lipinski definition) is 1. The first-order valence-electron chi connectivity index (χ1n) is 5.86.